The Hall–Kier alpha value is -0.860. The Kier molecular flexibility index (Phi) is 4.11. The molecule has 0 aromatic carbocycles. The van der Waals surface area contributed by atoms with Gasteiger partial charge in [-0.3, -0.25) is 9.59 Å². The number of carbonyl (C=O) groups excluding carboxylic acids is 1. The van der Waals surface area contributed by atoms with Crippen LogP contribution in [0, 0.1) is 17.3 Å². The molecule has 0 aliphatic heterocycles. The summed E-state index contributed by atoms with van der Waals surface area (Å²) in [6.45, 7) is 5.98. The zero-order chi connectivity index (χ0) is 12.3. The van der Waals surface area contributed by atoms with Crippen LogP contribution < -0.4 is 0 Å². The number of hydrogen-bond acceptors (Lipinski definition) is 2. The van der Waals surface area contributed by atoms with Crippen molar-refractivity contribution in [2.45, 2.75) is 52.9 Å². The van der Waals surface area contributed by atoms with Crippen LogP contribution in [0.15, 0.2) is 0 Å². The lowest BCUT2D eigenvalue weighted by molar-refractivity contribution is -0.140. The zero-order valence-electron chi connectivity index (χ0n) is 10.5. The third-order valence-corrected chi connectivity index (χ3v) is 3.84. The lowest BCUT2D eigenvalue weighted by Crippen LogP contribution is -2.28. The minimum Gasteiger partial charge on any atom is -0.481 e. The summed E-state index contributed by atoms with van der Waals surface area (Å²) in [7, 11) is 0. The van der Waals surface area contributed by atoms with Gasteiger partial charge in [0.25, 0.3) is 0 Å². The maximum atomic E-state index is 12.0. The van der Waals surface area contributed by atoms with E-state index in [4.69, 9.17) is 5.11 Å². The van der Waals surface area contributed by atoms with Gasteiger partial charge in [-0.25, -0.2) is 0 Å². The van der Waals surface area contributed by atoms with Crippen molar-refractivity contribution in [1.29, 1.82) is 0 Å². The largest absolute Gasteiger partial charge is 0.481 e. The van der Waals surface area contributed by atoms with Gasteiger partial charge in [-0.15, -0.1) is 0 Å². The number of aliphatic carboxylic acids is 1. The number of hydrogen-bond donors (Lipinski definition) is 1. The van der Waals surface area contributed by atoms with E-state index in [1.54, 1.807) is 0 Å². The molecule has 1 rings (SSSR count). The van der Waals surface area contributed by atoms with Crippen LogP contribution >= 0.6 is 0 Å². The first-order chi connectivity index (χ1) is 7.40. The smallest absolute Gasteiger partial charge is 0.303 e. The summed E-state index contributed by atoms with van der Waals surface area (Å²) in [5.74, 6) is -0.521. The third-order valence-electron chi connectivity index (χ3n) is 3.84. The van der Waals surface area contributed by atoms with E-state index in [1.165, 1.54) is 0 Å². The van der Waals surface area contributed by atoms with Gasteiger partial charge in [-0.1, -0.05) is 33.6 Å². The number of carbonyl (C=O) groups is 2. The summed E-state index contributed by atoms with van der Waals surface area (Å²) in [4.78, 5) is 22.9. The second-order valence-electron chi connectivity index (χ2n) is 5.43. The molecule has 0 spiro atoms. The second-order valence-corrected chi connectivity index (χ2v) is 5.43. The molecule has 1 N–H and O–H groups in total. The number of Topliss-reactive ketones (excluding diaryl/α,β-unsaturated/α-hetero) is 1. The average molecular weight is 226 g/mol. The number of carboxylic acids is 1. The SMILES string of the molecule is CCCCC1C(=O)C(C)CC1(C)CC(=O)O. The van der Waals surface area contributed by atoms with Crippen molar-refractivity contribution in [1.82, 2.24) is 0 Å². The molecule has 0 heterocycles. The molecule has 1 saturated carbocycles. The Bertz CT molecular complexity index is 285. The standard InChI is InChI=1S/C13H22O3/c1-4-5-6-10-12(16)9(2)7-13(10,3)8-11(14)15/h9-10H,4-8H2,1-3H3,(H,14,15). The Morgan fingerprint density at radius 2 is 2.19 bits per heavy atom. The molecule has 16 heavy (non-hydrogen) atoms. The van der Waals surface area contributed by atoms with Gasteiger partial charge in [0.2, 0.25) is 0 Å². The van der Waals surface area contributed by atoms with Crippen LogP contribution in [-0.2, 0) is 9.59 Å². The fraction of sp³-hybridized carbons (Fsp3) is 0.846. The van der Waals surface area contributed by atoms with E-state index in [2.05, 4.69) is 6.92 Å². The fourth-order valence-electron chi connectivity index (χ4n) is 3.07. The van der Waals surface area contributed by atoms with Crippen molar-refractivity contribution >= 4 is 11.8 Å². The molecule has 3 heteroatoms. The molecule has 1 aliphatic carbocycles. The Balaban J connectivity index is 2.80. The first-order valence-electron chi connectivity index (χ1n) is 6.16. The lowest BCUT2D eigenvalue weighted by Gasteiger charge is -2.28. The van der Waals surface area contributed by atoms with Gasteiger partial charge in [-0.05, 0) is 18.3 Å². The summed E-state index contributed by atoms with van der Waals surface area (Å²) in [5, 5.41) is 8.94. The molecule has 0 radical (unpaired) electrons. The molecule has 0 aromatic rings. The highest BCUT2D eigenvalue weighted by molar-refractivity contribution is 5.87. The van der Waals surface area contributed by atoms with Crippen LogP contribution in [0.5, 0.6) is 0 Å². The lowest BCUT2D eigenvalue weighted by atomic mass is 9.74. The van der Waals surface area contributed by atoms with Gasteiger partial charge in [0.1, 0.15) is 5.78 Å². The maximum Gasteiger partial charge on any atom is 0.303 e. The predicted octanol–water partition coefficient (Wildman–Crippen LogP) is 2.88. The monoisotopic (exact) mass is 226 g/mol. The summed E-state index contributed by atoms with van der Waals surface area (Å²) in [5.41, 5.74) is -0.322. The van der Waals surface area contributed by atoms with Gasteiger partial charge in [0.15, 0.2) is 0 Å². The van der Waals surface area contributed by atoms with Crippen molar-refractivity contribution in [3.63, 3.8) is 0 Å². The number of unbranched alkanes of at least 4 members (excludes halogenated alkanes) is 1. The fourth-order valence-corrected chi connectivity index (χ4v) is 3.07. The second kappa shape index (κ2) is 4.98. The number of carboxylic acid groups (broad SMARTS) is 1. The highest BCUT2D eigenvalue weighted by atomic mass is 16.4. The molecule has 3 unspecified atom stereocenters. The molecule has 0 bridgehead atoms. The minimum absolute atomic E-state index is 0.0335. The maximum absolute atomic E-state index is 12.0. The van der Waals surface area contributed by atoms with Gasteiger partial charge in [0.05, 0.1) is 6.42 Å². The molecule has 1 fully saturated rings. The summed E-state index contributed by atoms with van der Waals surface area (Å²) in [6, 6.07) is 0. The van der Waals surface area contributed by atoms with E-state index in [0.717, 1.165) is 25.7 Å². The van der Waals surface area contributed by atoms with Crippen LogP contribution in [0.25, 0.3) is 0 Å². The molecule has 1 aliphatic rings. The molecule has 3 atom stereocenters. The number of rotatable bonds is 5. The van der Waals surface area contributed by atoms with Gasteiger partial charge >= 0.3 is 5.97 Å². The molecule has 92 valence electrons. The molecular formula is C13H22O3. The normalized spacial score (nSPS) is 34.3. The van der Waals surface area contributed by atoms with Crippen molar-refractivity contribution in [3.05, 3.63) is 0 Å². The first-order valence-corrected chi connectivity index (χ1v) is 6.16. The summed E-state index contributed by atoms with van der Waals surface area (Å²) >= 11 is 0. The van der Waals surface area contributed by atoms with Crippen molar-refractivity contribution in [2.75, 3.05) is 0 Å². The van der Waals surface area contributed by atoms with E-state index in [0.29, 0.717) is 0 Å². The molecule has 0 aromatic heterocycles. The predicted molar refractivity (Wildman–Crippen MR) is 62.2 cm³/mol. The summed E-state index contributed by atoms with van der Waals surface area (Å²) < 4.78 is 0. The van der Waals surface area contributed by atoms with E-state index < -0.39 is 5.97 Å². The average Bonchev–Trinajstić information content (AvgIpc) is 2.34. The van der Waals surface area contributed by atoms with Gasteiger partial charge < -0.3 is 5.11 Å². The van der Waals surface area contributed by atoms with E-state index >= 15 is 0 Å². The van der Waals surface area contributed by atoms with Crippen LogP contribution in [-0.4, -0.2) is 16.9 Å². The van der Waals surface area contributed by atoms with E-state index in [1.807, 2.05) is 13.8 Å². The van der Waals surface area contributed by atoms with Crippen molar-refractivity contribution in [2.24, 2.45) is 17.3 Å². The molecule has 0 saturated heterocycles. The Morgan fingerprint density at radius 1 is 1.56 bits per heavy atom. The highest BCUT2D eigenvalue weighted by Gasteiger charge is 2.48. The summed E-state index contributed by atoms with van der Waals surface area (Å²) in [6.07, 6.45) is 3.77. The van der Waals surface area contributed by atoms with Gasteiger partial charge in [0, 0.05) is 11.8 Å². The van der Waals surface area contributed by atoms with Crippen molar-refractivity contribution < 1.29 is 14.7 Å². The van der Waals surface area contributed by atoms with Crippen LogP contribution in [0.2, 0.25) is 0 Å². The highest BCUT2D eigenvalue weighted by Crippen LogP contribution is 2.48. The Labute approximate surface area is 97.2 Å². The van der Waals surface area contributed by atoms with E-state index in [9.17, 15) is 9.59 Å². The quantitative estimate of drug-likeness (QED) is 0.784. The van der Waals surface area contributed by atoms with Crippen LogP contribution in [0.4, 0.5) is 0 Å². The van der Waals surface area contributed by atoms with Gasteiger partial charge in [-0.2, -0.15) is 0 Å². The Morgan fingerprint density at radius 3 is 2.69 bits per heavy atom. The third kappa shape index (κ3) is 2.63. The van der Waals surface area contributed by atoms with Crippen LogP contribution in [0.1, 0.15) is 52.9 Å². The topological polar surface area (TPSA) is 54.4 Å². The molecular weight excluding hydrogens is 204 g/mol. The zero-order valence-corrected chi connectivity index (χ0v) is 10.5. The molecule has 3 nitrogen and oxygen atoms in total. The van der Waals surface area contributed by atoms with Crippen LogP contribution in [0.3, 0.4) is 0 Å². The van der Waals surface area contributed by atoms with E-state index in [-0.39, 0.29) is 29.5 Å². The van der Waals surface area contributed by atoms with Crippen molar-refractivity contribution in [3.8, 4) is 0 Å². The first kappa shape index (κ1) is 13.2. The minimum atomic E-state index is -0.786. The number of ketones is 1. The molecule has 0 amide bonds.